The lowest BCUT2D eigenvalue weighted by molar-refractivity contribution is 0.0943. The summed E-state index contributed by atoms with van der Waals surface area (Å²) in [4.78, 5) is 16.7. The zero-order chi connectivity index (χ0) is 16.9. The molecule has 3 rings (SSSR count). The Kier molecular flexibility index (Phi) is 4.70. The smallest absolute Gasteiger partial charge is 0.290 e. The van der Waals surface area contributed by atoms with Gasteiger partial charge < -0.3 is 5.32 Å². The van der Waals surface area contributed by atoms with Gasteiger partial charge in [-0.15, -0.1) is 5.10 Å². The molecule has 0 aliphatic rings. The number of hydrogen-bond acceptors (Lipinski definition) is 3. The van der Waals surface area contributed by atoms with Gasteiger partial charge in [0.25, 0.3) is 5.91 Å². The molecule has 0 aliphatic carbocycles. The second kappa shape index (κ2) is 7.08. The van der Waals surface area contributed by atoms with Crippen LogP contribution in [0.25, 0.3) is 17.1 Å². The number of aromatic nitrogens is 3. The summed E-state index contributed by atoms with van der Waals surface area (Å²) in [6.45, 7) is 4.65. The third-order valence-electron chi connectivity index (χ3n) is 3.66. The molecular weight excluding hydrogens is 300 g/mol. The van der Waals surface area contributed by atoms with Crippen molar-refractivity contribution in [1.82, 2.24) is 20.1 Å². The van der Waals surface area contributed by atoms with Crippen molar-refractivity contribution in [2.45, 2.75) is 20.3 Å². The summed E-state index contributed by atoms with van der Waals surface area (Å²) >= 11 is 0. The van der Waals surface area contributed by atoms with Gasteiger partial charge in [-0.1, -0.05) is 55.0 Å². The molecule has 0 bridgehead atoms. The Labute approximate surface area is 141 Å². The number of aryl methyl sites for hydroxylation is 1. The highest BCUT2D eigenvalue weighted by molar-refractivity contribution is 5.91. The molecule has 0 radical (unpaired) electrons. The number of benzene rings is 2. The lowest BCUT2D eigenvalue weighted by Crippen LogP contribution is -2.25. The van der Waals surface area contributed by atoms with Crippen molar-refractivity contribution >= 4 is 5.91 Å². The quantitative estimate of drug-likeness (QED) is 0.784. The van der Waals surface area contributed by atoms with Crippen LogP contribution in [-0.2, 0) is 0 Å². The van der Waals surface area contributed by atoms with E-state index in [1.807, 2.05) is 68.4 Å². The fourth-order valence-corrected chi connectivity index (χ4v) is 2.36. The van der Waals surface area contributed by atoms with Crippen LogP contribution in [0.4, 0.5) is 0 Å². The molecule has 0 aliphatic heterocycles. The monoisotopic (exact) mass is 320 g/mol. The number of rotatable bonds is 5. The number of hydrogen-bond donors (Lipinski definition) is 1. The predicted molar refractivity (Wildman–Crippen MR) is 94.2 cm³/mol. The van der Waals surface area contributed by atoms with Crippen LogP contribution in [0, 0.1) is 6.92 Å². The molecule has 1 heterocycles. The maximum atomic E-state index is 12.2. The Morgan fingerprint density at radius 2 is 1.79 bits per heavy atom. The zero-order valence-corrected chi connectivity index (χ0v) is 13.9. The molecule has 0 saturated heterocycles. The van der Waals surface area contributed by atoms with Crippen LogP contribution >= 0.6 is 0 Å². The minimum absolute atomic E-state index is 0.183. The topological polar surface area (TPSA) is 59.8 Å². The molecule has 122 valence electrons. The van der Waals surface area contributed by atoms with Crippen LogP contribution < -0.4 is 5.32 Å². The average Bonchev–Trinajstić information content (AvgIpc) is 3.06. The van der Waals surface area contributed by atoms with E-state index in [2.05, 4.69) is 15.4 Å². The lowest BCUT2D eigenvalue weighted by atomic mass is 10.1. The standard InChI is InChI=1S/C19H20N4O/c1-3-13-20-19(24)17-21-18(15-11-9-14(2)10-12-15)23(22-17)16-7-5-4-6-8-16/h4-12H,3,13H2,1-2H3,(H,20,24). The van der Waals surface area contributed by atoms with E-state index >= 15 is 0 Å². The summed E-state index contributed by atoms with van der Waals surface area (Å²) < 4.78 is 1.71. The van der Waals surface area contributed by atoms with Gasteiger partial charge in [-0.05, 0) is 25.5 Å². The van der Waals surface area contributed by atoms with Gasteiger partial charge in [-0.3, -0.25) is 4.79 Å². The highest BCUT2D eigenvalue weighted by Crippen LogP contribution is 2.21. The Morgan fingerprint density at radius 1 is 1.08 bits per heavy atom. The van der Waals surface area contributed by atoms with Crippen molar-refractivity contribution < 1.29 is 4.79 Å². The number of carbonyl (C=O) groups excluding carboxylic acids is 1. The summed E-state index contributed by atoms with van der Waals surface area (Å²) in [5, 5.41) is 7.25. The van der Waals surface area contributed by atoms with Crippen LogP contribution in [0.2, 0.25) is 0 Å². The van der Waals surface area contributed by atoms with E-state index in [1.165, 1.54) is 5.56 Å². The zero-order valence-electron chi connectivity index (χ0n) is 13.9. The fourth-order valence-electron chi connectivity index (χ4n) is 2.36. The molecule has 0 fully saturated rings. The number of para-hydroxylation sites is 1. The molecular formula is C19H20N4O. The summed E-state index contributed by atoms with van der Waals surface area (Å²) in [5.74, 6) is 0.589. The third-order valence-corrected chi connectivity index (χ3v) is 3.66. The van der Waals surface area contributed by atoms with E-state index in [0.29, 0.717) is 12.4 Å². The molecule has 24 heavy (non-hydrogen) atoms. The highest BCUT2D eigenvalue weighted by Gasteiger charge is 2.18. The maximum Gasteiger partial charge on any atom is 0.290 e. The van der Waals surface area contributed by atoms with Crippen LogP contribution in [0.1, 0.15) is 29.5 Å². The van der Waals surface area contributed by atoms with Gasteiger partial charge in [-0.2, -0.15) is 0 Å². The molecule has 3 aromatic rings. The summed E-state index contributed by atoms with van der Waals surface area (Å²) in [7, 11) is 0. The Hall–Kier alpha value is -2.95. The van der Waals surface area contributed by atoms with Gasteiger partial charge in [0.15, 0.2) is 5.82 Å². The van der Waals surface area contributed by atoms with E-state index in [1.54, 1.807) is 4.68 Å². The molecule has 5 nitrogen and oxygen atoms in total. The van der Waals surface area contributed by atoms with Crippen molar-refractivity contribution in [1.29, 1.82) is 0 Å². The minimum Gasteiger partial charge on any atom is -0.349 e. The highest BCUT2D eigenvalue weighted by atomic mass is 16.2. The summed E-state index contributed by atoms with van der Waals surface area (Å²) in [6, 6.07) is 17.7. The van der Waals surface area contributed by atoms with Gasteiger partial charge in [0.2, 0.25) is 5.82 Å². The SMILES string of the molecule is CCCNC(=O)c1nc(-c2ccc(C)cc2)n(-c2ccccc2)n1. The first-order chi connectivity index (χ1) is 11.7. The molecule has 5 heteroatoms. The molecule has 2 aromatic carbocycles. The van der Waals surface area contributed by atoms with Crippen LogP contribution in [0.5, 0.6) is 0 Å². The van der Waals surface area contributed by atoms with Gasteiger partial charge >= 0.3 is 0 Å². The number of nitrogens with zero attached hydrogens (tertiary/aromatic N) is 3. The van der Waals surface area contributed by atoms with E-state index in [4.69, 9.17) is 0 Å². The largest absolute Gasteiger partial charge is 0.349 e. The minimum atomic E-state index is -0.250. The molecule has 0 spiro atoms. The van der Waals surface area contributed by atoms with E-state index in [0.717, 1.165) is 17.7 Å². The van der Waals surface area contributed by atoms with Gasteiger partial charge in [0, 0.05) is 12.1 Å². The molecule has 0 saturated carbocycles. The Morgan fingerprint density at radius 3 is 2.46 bits per heavy atom. The van der Waals surface area contributed by atoms with E-state index in [-0.39, 0.29) is 11.7 Å². The first-order valence-electron chi connectivity index (χ1n) is 8.06. The summed E-state index contributed by atoms with van der Waals surface area (Å²) in [6.07, 6.45) is 0.871. The number of nitrogens with one attached hydrogen (secondary N) is 1. The second-order valence-corrected chi connectivity index (χ2v) is 5.63. The first-order valence-corrected chi connectivity index (χ1v) is 8.06. The van der Waals surface area contributed by atoms with Crippen molar-refractivity contribution in [3.8, 4) is 17.1 Å². The molecule has 1 N–H and O–H groups in total. The fraction of sp³-hybridized carbons (Fsp3) is 0.211. The van der Waals surface area contributed by atoms with E-state index < -0.39 is 0 Å². The van der Waals surface area contributed by atoms with Gasteiger partial charge in [0.1, 0.15) is 0 Å². The first kappa shape index (κ1) is 15.9. The van der Waals surface area contributed by atoms with Crippen molar-refractivity contribution in [2.75, 3.05) is 6.54 Å². The lowest BCUT2D eigenvalue weighted by Gasteiger charge is -2.05. The number of amides is 1. The van der Waals surface area contributed by atoms with Gasteiger partial charge in [-0.25, -0.2) is 9.67 Å². The average molecular weight is 320 g/mol. The summed E-state index contributed by atoms with van der Waals surface area (Å²) in [5.41, 5.74) is 2.96. The molecule has 1 aromatic heterocycles. The van der Waals surface area contributed by atoms with Gasteiger partial charge in [0.05, 0.1) is 5.69 Å². The van der Waals surface area contributed by atoms with Crippen molar-refractivity contribution in [3.63, 3.8) is 0 Å². The maximum absolute atomic E-state index is 12.2. The Bertz CT molecular complexity index is 822. The molecule has 0 unspecified atom stereocenters. The molecule has 1 amide bonds. The van der Waals surface area contributed by atoms with Crippen molar-refractivity contribution in [3.05, 3.63) is 66.0 Å². The van der Waals surface area contributed by atoms with E-state index in [9.17, 15) is 4.79 Å². The number of carbonyl (C=O) groups is 1. The second-order valence-electron chi connectivity index (χ2n) is 5.63. The third kappa shape index (κ3) is 3.35. The normalized spacial score (nSPS) is 10.6. The molecule has 0 atom stereocenters. The van der Waals surface area contributed by atoms with Crippen LogP contribution in [-0.4, -0.2) is 27.2 Å². The predicted octanol–water partition coefficient (Wildman–Crippen LogP) is 3.38. The van der Waals surface area contributed by atoms with Crippen molar-refractivity contribution in [2.24, 2.45) is 0 Å². The Balaban J connectivity index is 2.06. The van der Waals surface area contributed by atoms with Crippen LogP contribution in [0.15, 0.2) is 54.6 Å². The van der Waals surface area contributed by atoms with Crippen LogP contribution in [0.3, 0.4) is 0 Å².